The lowest BCUT2D eigenvalue weighted by molar-refractivity contribution is 0.0471. The molecule has 1 atom stereocenters. The van der Waals surface area contributed by atoms with Crippen molar-refractivity contribution in [3.63, 3.8) is 0 Å². The van der Waals surface area contributed by atoms with Crippen LogP contribution in [0.2, 0.25) is 0 Å². The standard InChI is InChI=1S/C10H21NO/c1-8(11)6-7-9(2)12-10(3,4)5/h8H,2,6-7,11H2,1,3-5H3. The molecule has 0 radical (unpaired) electrons. The van der Waals surface area contributed by atoms with Gasteiger partial charge in [-0.05, 0) is 34.1 Å². The van der Waals surface area contributed by atoms with Crippen LogP contribution in [0.1, 0.15) is 40.5 Å². The SMILES string of the molecule is C=C(CCC(C)N)OC(C)(C)C. The van der Waals surface area contributed by atoms with Crippen LogP contribution in [-0.2, 0) is 4.74 Å². The third kappa shape index (κ3) is 7.61. The molecule has 72 valence electrons. The molecule has 0 saturated heterocycles. The van der Waals surface area contributed by atoms with E-state index in [4.69, 9.17) is 10.5 Å². The number of rotatable bonds is 4. The van der Waals surface area contributed by atoms with Crippen LogP contribution < -0.4 is 5.73 Å². The van der Waals surface area contributed by atoms with E-state index < -0.39 is 0 Å². The molecule has 0 rings (SSSR count). The Labute approximate surface area is 75.8 Å². The summed E-state index contributed by atoms with van der Waals surface area (Å²) in [5.41, 5.74) is 5.48. The van der Waals surface area contributed by atoms with Gasteiger partial charge in [-0.25, -0.2) is 0 Å². The van der Waals surface area contributed by atoms with E-state index in [1.165, 1.54) is 0 Å². The fourth-order valence-electron chi connectivity index (χ4n) is 0.873. The number of hydrogen-bond donors (Lipinski definition) is 1. The molecule has 0 aliphatic rings. The van der Waals surface area contributed by atoms with Gasteiger partial charge in [-0.3, -0.25) is 0 Å². The molecule has 0 amide bonds. The third-order valence-electron chi connectivity index (χ3n) is 1.33. The molecular weight excluding hydrogens is 150 g/mol. The van der Waals surface area contributed by atoms with Crippen LogP contribution in [0.5, 0.6) is 0 Å². The molecule has 0 aromatic carbocycles. The summed E-state index contributed by atoms with van der Waals surface area (Å²) in [6, 6.07) is 0.227. The quantitative estimate of drug-likeness (QED) is 0.659. The van der Waals surface area contributed by atoms with Crippen molar-refractivity contribution in [1.82, 2.24) is 0 Å². The van der Waals surface area contributed by atoms with Crippen molar-refractivity contribution < 1.29 is 4.74 Å². The van der Waals surface area contributed by atoms with Crippen LogP contribution in [0.4, 0.5) is 0 Å². The summed E-state index contributed by atoms with van der Waals surface area (Å²) in [4.78, 5) is 0. The van der Waals surface area contributed by atoms with Gasteiger partial charge in [-0.1, -0.05) is 6.58 Å². The highest BCUT2D eigenvalue weighted by atomic mass is 16.5. The average molecular weight is 171 g/mol. The first-order valence-electron chi connectivity index (χ1n) is 4.43. The van der Waals surface area contributed by atoms with E-state index in [0.717, 1.165) is 18.6 Å². The predicted molar refractivity (Wildman–Crippen MR) is 52.9 cm³/mol. The van der Waals surface area contributed by atoms with Gasteiger partial charge >= 0.3 is 0 Å². The Bertz CT molecular complexity index is 144. The first-order valence-corrected chi connectivity index (χ1v) is 4.43. The molecule has 0 fully saturated rings. The maximum Gasteiger partial charge on any atom is 0.100 e. The van der Waals surface area contributed by atoms with E-state index in [-0.39, 0.29) is 11.6 Å². The molecule has 0 heterocycles. The molecule has 0 saturated carbocycles. The molecule has 0 bridgehead atoms. The monoisotopic (exact) mass is 171 g/mol. The molecule has 0 aromatic heterocycles. The number of nitrogens with two attached hydrogens (primary N) is 1. The molecule has 2 nitrogen and oxygen atoms in total. The van der Waals surface area contributed by atoms with E-state index >= 15 is 0 Å². The van der Waals surface area contributed by atoms with Gasteiger partial charge in [0.25, 0.3) is 0 Å². The highest BCUT2D eigenvalue weighted by molar-refractivity contribution is 4.86. The predicted octanol–water partition coefficient (Wildman–Crippen LogP) is 2.44. The Morgan fingerprint density at radius 3 is 2.33 bits per heavy atom. The summed E-state index contributed by atoms with van der Waals surface area (Å²) in [5.74, 6) is 0.833. The summed E-state index contributed by atoms with van der Waals surface area (Å²) >= 11 is 0. The van der Waals surface area contributed by atoms with Crippen LogP contribution in [0.15, 0.2) is 12.3 Å². The third-order valence-corrected chi connectivity index (χ3v) is 1.33. The number of hydrogen-bond acceptors (Lipinski definition) is 2. The summed E-state index contributed by atoms with van der Waals surface area (Å²) in [7, 11) is 0. The van der Waals surface area contributed by atoms with Crippen LogP contribution in [0, 0.1) is 0 Å². The summed E-state index contributed by atoms with van der Waals surface area (Å²) < 4.78 is 5.54. The minimum atomic E-state index is -0.130. The summed E-state index contributed by atoms with van der Waals surface area (Å²) in [6.07, 6.45) is 1.80. The maximum atomic E-state index is 5.61. The zero-order chi connectivity index (χ0) is 9.78. The van der Waals surface area contributed by atoms with Crippen molar-refractivity contribution in [3.05, 3.63) is 12.3 Å². The van der Waals surface area contributed by atoms with Crippen molar-refractivity contribution in [2.45, 2.75) is 52.2 Å². The van der Waals surface area contributed by atoms with Crippen molar-refractivity contribution in [2.75, 3.05) is 0 Å². The van der Waals surface area contributed by atoms with Crippen molar-refractivity contribution in [2.24, 2.45) is 5.73 Å². The van der Waals surface area contributed by atoms with Crippen LogP contribution >= 0.6 is 0 Å². The Hall–Kier alpha value is -0.500. The van der Waals surface area contributed by atoms with Gasteiger partial charge in [-0.2, -0.15) is 0 Å². The molecule has 2 N–H and O–H groups in total. The minimum absolute atomic E-state index is 0.130. The smallest absolute Gasteiger partial charge is 0.100 e. The zero-order valence-electron chi connectivity index (χ0n) is 8.68. The van der Waals surface area contributed by atoms with E-state index in [9.17, 15) is 0 Å². The largest absolute Gasteiger partial charge is 0.493 e. The summed E-state index contributed by atoms with van der Waals surface area (Å²) in [5, 5.41) is 0. The molecule has 12 heavy (non-hydrogen) atoms. The van der Waals surface area contributed by atoms with E-state index in [1.807, 2.05) is 27.7 Å². The second-order valence-electron chi connectivity index (χ2n) is 4.27. The Balaban J connectivity index is 3.61. The van der Waals surface area contributed by atoms with Crippen LogP contribution in [0.3, 0.4) is 0 Å². The van der Waals surface area contributed by atoms with Gasteiger partial charge in [0, 0.05) is 12.5 Å². The van der Waals surface area contributed by atoms with E-state index in [1.54, 1.807) is 0 Å². The van der Waals surface area contributed by atoms with Gasteiger partial charge in [0.1, 0.15) is 5.60 Å². The first kappa shape index (κ1) is 11.5. The van der Waals surface area contributed by atoms with Gasteiger partial charge in [0.15, 0.2) is 0 Å². The average Bonchev–Trinajstić information content (AvgIpc) is 1.79. The van der Waals surface area contributed by atoms with Gasteiger partial charge in [-0.15, -0.1) is 0 Å². The molecule has 0 aliphatic carbocycles. The molecule has 0 aromatic rings. The lowest BCUT2D eigenvalue weighted by Crippen LogP contribution is -2.20. The van der Waals surface area contributed by atoms with Gasteiger partial charge < -0.3 is 10.5 Å². The second-order valence-corrected chi connectivity index (χ2v) is 4.27. The fraction of sp³-hybridized carbons (Fsp3) is 0.800. The fourth-order valence-corrected chi connectivity index (χ4v) is 0.873. The zero-order valence-corrected chi connectivity index (χ0v) is 8.68. The van der Waals surface area contributed by atoms with Crippen molar-refractivity contribution in [3.8, 4) is 0 Å². The summed E-state index contributed by atoms with van der Waals surface area (Å²) in [6.45, 7) is 11.9. The van der Waals surface area contributed by atoms with E-state index in [0.29, 0.717) is 0 Å². The lowest BCUT2D eigenvalue weighted by Gasteiger charge is -2.23. The Morgan fingerprint density at radius 2 is 2.00 bits per heavy atom. The minimum Gasteiger partial charge on any atom is -0.493 e. The lowest BCUT2D eigenvalue weighted by atomic mass is 10.1. The molecule has 0 spiro atoms. The molecular formula is C10H21NO. The van der Waals surface area contributed by atoms with Crippen LogP contribution in [0.25, 0.3) is 0 Å². The van der Waals surface area contributed by atoms with Crippen molar-refractivity contribution in [1.29, 1.82) is 0 Å². The van der Waals surface area contributed by atoms with Gasteiger partial charge in [0.2, 0.25) is 0 Å². The molecule has 1 unspecified atom stereocenters. The van der Waals surface area contributed by atoms with E-state index in [2.05, 4.69) is 6.58 Å². The highest BCUT2D eigenvalue weighted by Gasteiger charge is 2.12. The molecule has 0 aliphatic heterocycles. The Morgan fingerprint density at radius 1 is 1.50 bits per heavy atom. The van der Waals surface area contributed by atoms with Gasteiger partial charge in [0.05, 0.1) is 5.76 Å². The number of allylic oxidation sites excluding steroid dienone is 1. The highest BCUT2D eigenvalue weighted by Crippen LogP contribution is 2.15. The number of ether oxygens (including phenoxy) is 1. The first-order chi connectivity index (χ1) is 5.31. The molecule has 2 heteroatoms. The Kier molecular flexibility index (Phi) is 4.32. The topological polar surface area (TPSA) is 35.2 Å². The maximum absolute atomic E-state index is 5.61. The normalized spacial score (nSPS) is 14.1. The second kappa shape index (κ2) is 4.51. The van der Waals surface area contributed by atoms with Crippen LogP contribution in [-0.4, -0.2) is 11.6 Å². The van der Waals surface area contributed by atoms with Crippen molar-refractivity contribution >= 4 is 0 Å².